The summed E-state index contributed by atoms with van der Waals surface area (Å²) in [4.78, 5) is 0. The molecule has 0 amide bonds. The number of nitrogens with one attached hydrogen (secondary N) is 1. The Morgan fingerprint density at radius 3 is 2.71 bits per heavy atom. The highest BCUT2D eigenvalue weighted by Crippen LogP contribution is 2.33. The predicted octanol–water partition coefficient (Wildman–Crippen LogP) is 3.01. The summed E-state index contributed by atoms with van der Waals surface area (Å²) in [6, 6.07) is 6.43. The van der Waals surface area contributed by atoms with Crippen LogP contribution in [0.15, 0.2) is 18.2 Å². The third kappa shape index (κ3) is 3.53. The molecule has 2 heterocycles. The lowest BCUT2D eigenvalue weighted by Crippen LogP contribution is -2.23. The number of ether oxygens (including phenoxy) is 2. The van der Waals surface area contributed by atoms with Crippen molar-refractivity contribution < 1.29 is 9.47 Å². The molecular formula is C18H26N4O2. The lowest BCUT2D eigenvalue weighted by atomic mass is 10.0. The Kier molecular flexibility index (Phi) is 5.35. The molecule has 1 N–H and O–H groups in total. The molecule has 2 aromatic rings. The smallest absolute Gasteiger partial charge is 0.161 e. The molecule has 3 rings (SSSR count). The van der Waals surface area contributed by atoms with Gasteiger partial charge in [0.1, 0.15) is 24.9 Å². The van der Waals surface area contributed by atoms with Crippen molar-refractivity contribution in [3.63, 3.8) is 0 Å². The molecule has 6 heteroatoms. The van der Waals surface area contributed by atoms with Gasteiger partial charge in [-0.2, -0.15) is 0 Å². The average Bonchev–Trinajstić information content (AvgIpc) is 2.96. The topological polar surface area (TPSA) is 61.2 Å². The van der Waals surface area contributed by atoms with Gasteiger partial charge < -0.3 is 19.4 Å². The van der Waals surface area contributed by atoms with E-state index in [0.717, 1.165) is 42.5 Å². The van der Waals surface area contributed by atoms with Crippen LogP contribution in [0.2, 0.25) is 0 Å². The molecule has 0 saturated carbocycles. The van der Waals surface area contributed by atoms with Gasteiger partial charge in [0.2, 0.25) is 0 Å². The van der Waals surface area contributed by atoms with Crippen LogP contribution in [-0.4, -0.2) is 28.0 Å². The Labute approximate surface area is 143 Å². The number of aromatic nitrogens is 3. The van der Waals surface area contributed by atoms with Gasteiger partial charge in [0.25, 0.3) is 0 Å². The van der Waals surface area contributed by atoms with E-state index in [9.17, 15) is 0 Å². The molecule has 1 aliphatic heterocycles. The van der Waals surface area contributed by atoms with Crippen LogP contribution in [0.25, 0.3) is 0 Å². The minimum Gasteiger partial charge on any atom is -0.486 e. The molecule has 1 aliphatic rings. The van der Waals surface area contributed by atoms with E-state index in [-0.39, 0.29) is 6.04 Å². The van der Waals surface area contributed by atoms with E-state index in [2.05, 4.69) is 46.1 Å². The molecule has 1 atom stereocenters. The van der Waals surface area contributed by atoms with E-state index in [1.807, 2.05) is 13.0 Å². The van der Waals surface area contributed by atoms with Crippen molar-refractivity contribution in [2.75, 3.05) is 13.2 Å². The molecule has 0 aliphatic carbocycles. The molecule has 1 aromatic carbocycles. The van der Waals surface area contributed by atoms with E-state index in [4.69, 9.17) is 9.47 Å². The zero-order chi connectivity index (χ0) is 16.9. The third-order valence-corrected chi connectivity index (χ3v) is 4.34. The van der Waals surface area contributed by atoms with E-state index in [0.29, 0.717) is 19.8 Å². The van der Waals surface area contributed by atoms with Crippen molar-refractivity contribution in [1.82, 2.24) is 20.1 Å². The zero-order valence-corrected chi connectivity index (χ0v) is 14.7. The SMILES string of the molecule is CCCn1c(C)nnc1CNC(CC)c1ccc2c(c1)OCCO2. The van der Waals surface area contributed by atoms with Gasteiger partial charge in [-0.05, 0) is 37.5 Å². The highest BCUT2D eigenvalue weighted by Gasteiger charge is 2.17. The maximum absolute atomic E-state index is 5.70. The molecule has 0 radical (unpaired) electrons. The van der Waals surface area contributed by atoms with Crippen LogP contribution in [0.5, 0.6) is 11.5 Å². The summed E-state index contributed by atoms with van der Waals surface area (Å²) in [5.41, 5.74) is 1.21. The van der Waals surface area contributed by atoms with Gasteiger partial charge in [0, 0.05) is 12.6 Å². The van der Waals surface area contributed by atoms with E-state index in [1.165, 1.54) is 5.56 Å². The summed E-state index contributed by atoms with van der Waals surface area (Å²) in [6.45, 7) is 9.24. The number of hydrogen-bond donors (Lipinski definition) is 1. The van der Waals surface area contributed by atoms with E-state index >= 15 is 0 Å². The Morgan fingerprint density at radius 1 is 1.17 bits per heavy atom. The first-order chi connectivity index (χ1) is 11.7. The Morgan fingerprint density at radius 2 is 1.96 bits per heavy atom. The summed E-state index contributed by atoms with van der Waals surface area (Å²) in [5.74, 6) is 3.63. The molecule has 0 bridgehead atoms. The third-order valence-electron chi connectivity index (χ3n) is 4.34. The first kappa shape index (κ1) is 16.8. The highest BCUT2D eigenvalue weighted by molar-refractivity contribution is 5.44. The molecule has 0 saturated heterocycles. The molecule has 0 spiro atoms. The monoisotopic (exact) mass is 330 g/mol. The minimum atomic E-state index is 0.243. The van der Waals surface area contributed by atoms with Crippen LogP contribution >= 0.6 is 0 Å². The normalized spacial score (nSPS) is 14.6. The van der Waals surface area contributed by atoms with Crippen molar-refractivity contribution >= 4 is 0 Å². The fourth-order valence-corrected chi connectivity index (χ4v) is 3.06. The summed E-state index contributed by atoms with van der Waals surface area (Å²) in [6.07, 6.45) is 2.06. The van der Waals surface area contributed by atoms with Gasteiger partial charge in [-0.1, -0.05) is 19.9 Å². The second-order valence-corrected chi connectivity index (χ2v) is 6.06. The number of aryl methyl sites for hydroxylation is 1. The van der Waals surface area contributed by atoms with Crippen LogP contribution < -0.4 is 14.8 Å². The highest BCUT2D eigenvalue weighted by atomic mass is 16.6. The number of fused-ring (bicyclic) bond motifs is 1. The van der Waals surface area contributed by atoms with Crippen molar-refractivity contribution in [3.8, 4) is 11.5 Å². The Hall–Kier alpha value is -2.08. The Bertz CT molecular complexity index is 684. The van der Waals surface area contributed by atoms with Crippen LogP contribution in [0, 0.1) is 6.92 Å². The largest absolute Gasteiger partial charge is 0.486 e. The van der Waals surface area contributed by atoms with Crippen LogP contribution in [0.4, 0.5) is 0 Å². The van der Waals surface area contributed by atoms with Crippen LogP contribution in [-0.2, 0) is 13.1 Å². The summed E-state index contributed by atoms with van der Waals surface area (Å²) >= 11 is 0. The van der Waals surface area contributed by atoms with Crippen LogP contribution in [0.1, 0.15) is 49.9 Å². The number of benzene rings is 1. The molecule has 1 aromatic heterocycles. The molecule has 1 unspecified atom stereocenters. The molecular weight excluding hydrogens is 304 g/mol. The number of hydrogen-bond acceptors (Lipinski definition) is 5. The van der Waals surface area contributed by atoms with E-state index in [1.54, 1.807) is 0 Å². The van der Waals surface area contributed by atoms with Crippen molar-refractivity contribution in [1.29, 1.82) is 0 Å². The number of nitrogens with zero attached hydrogens (tertiary/aromatic N) is 3. The quantitative estimate of drug-likeness (QED) is 0.845. The molecule has 24 heavy (non-hydrogen) atoms. The average molecular weight is 330 g/mol. The summed E-state index contributed by atoms with van der Waals surface area (Å²) < 4.78 is 13.5. The Balaban J connectivity index is 1.71. The maximum atomic E-state index is 5.70. The second kappa shape index (κ2) is 7.66. The summed E-state index contributed by atoms with van der Waals surface area (Å²) in [7, 11) is 0. The van der Waals surface area contributed by atoms with Gasteiger partial charge in [-0.3, -0.25) is 0 Å². The molecule has 0 fully saturated rings. The van der Waals surface area contributed by atoms with Gasteiger partial charge in [0.05, 0.1) is 6.54 Å². The zero-order valence-electron chi connectivity index (χ0n) is 14.7. The van der Waals surface area contributed by atoms with Crippen molar-refractivity contribution in [2.45, 2.75) is 52.7 Å². The van der Waals surface area contributed by atoms with Gasteiger partial charge in [0.15, 0.2) is 11.5 Å². The standard InChI is InChI=1S/C18H26N4O2/c1-4-8-22-13(3)20-21-18(22)12-19-15(5-2)14-6-7-16-17(11-14)24-10-9-23-16/h6-7,11,15,19H,4-5,8-10,12H2,1-3H3. The lowest BCUT2D eigenvalue weighted by molar-refractivity contribution is 0.171. The second-order valence-electron chi connectivity index (χ2n) is 6.06. The predicted molar refractivity (Wildman–Crippen MR) is 92.4 cm³/mol. The maximum Gasteiger partial charge on any atom is 0.161 e. The molecule has 6 nitrogen and oxygen atoms in total. The van der Waals surface area contributed by atoms with Gasteiger partial charge in [-0.15, -0.1) is 10.2 Å². The lowest BCUT2D eigenvalue weighted by Gasteiger charge is -2.22. The van der Waals surface area contributed by atoms with E-state index < -0.39 is 0 Å². The van der Waals surface area contributed by atoms with Crippen molar-refractivity contribution in [2.24, 2.45) is 0 Å². The van der Waals surface area contributed by atoms with Gasteiger partial charge in [-0.25, -0.2) is 0 Å². The number of rotatable bonds is 7. The molecule has 130 valence electrons. The minimum absolute atomic E-state index is 0.243. The first-order valence-corrected chi connectivity index (χ1v) is 8.74. The summed E-state index contributed by atoms with van der Waals surface area (Å²) in [5, 5.41) is 12.1. The van der Waals surface area contributed by atoms with Gasteiger partial charge >= 0.3 is 0 Å². The van der Waals surface area contributed by atoms with Crippen molar-refractivity contribution in [3.05, 3.63) is 35.4 Å². The first-order valence-electron chi connectivity index (χ1n) is 8.74. The van der Waals surface area contributed by atoms with Crippen LogP contribution in [0.3, 0.4) is 0 Å². The fourth-order valence-electron chi connectivity index (χ4n) is 3.06. The fraction of sp³-hybridized carbons (Fsp3) is 0.556.